The molecular formula is C12H17N3O2S. The van der Waals surface area contributed by atoms with Gasteiger partial charge in [0.05, 0.1) is 5.69 Å². The molecule has 1 aromatic rings. The highest BCUT2D eigenvalue weighted by Gasteiger charge is 2.30. The van der Waals surface area contributed by atoms with Gasteiger partial charge in [0.1, 0.15) is 10.7 Å². The predicted octanol–water partition coefficient (Wildman–Crippen LogP) is 1.71. The van der Waals surface area contributed by atoms with Crippen molar-refractivity contribution in [3.63, 3.8) is 0 Å². The zero-order chi connectivity index (χ0) is 13.3. The van der Waals surface area contributed by atoms with E-state index in [1.165, 1.54) is 0 Å². The average Bonchev–Trinajstić information content (AvgIpc) is 2.81. The molecule has 0 saturated carbocycles. The highest BCUT2D eigenvalue weighted by Crippen LogP contribution is 2.23. The quantitative estimate of drug-likeness (QED) is 0.818. The van der Waals surface area contributed by atoms with E-state index in [0.717, 1.165) is 17.2 Å². The molecule has 1 amide bonds. The third kappa shape index (κ3) is 2.43. The molecule has 1 aromatic heterocycles. The molecule has 2 heterocycles. The summed E-state index contributed by atoms with van der Waals surface area (Å²) < 4.78 is 3.87. The van der Waals surface area contributed by atoms with Crippen LogP contribution in [0.15, 0.2) is 0 Å². The number of hydrogen-bond acceptors (Lipinski definition) is 5. The number of Topliss-reactive ketones (excluding diaryl/α,β-unsaturated/α-hetero) is 1. The Morgan fingerprint density at radius 2 is 2.22 bits per heavy atom. The molecule has 1 saturated heterocycles. The summed E-state index contributed by atoms with van der Waals surface area (Å²) in [5.41, 5.74) is 0.759. The number of carbonyl (C=O) groups is 2. The van der Waals surface area contributed by atoms with Gasteiger partial charge in [-0.15, -0.1) is 5.10 Å². The predicted molar refractivity (Wildman–Crippen MR) is 68.7 cm³/mol. The van der Waals surface area contributed by atoms with Gasteiger partial charge in [-0.1, -0.05) is 25.3 Å². The molecule has 1 aliphatic heterocycles. The van der Waals surface area contributed by atoms with Crippen LogP contribution in [0.5, 0.6) is 0 Å². The molecule has 18 heavy (non-hydrogen) atoms. The van der Waals surface area contributed by atoms with Crippen LogP contribution >= 0.6 is 11.5 Å². The lowest BCUT2D eigenvalue weighted by molar-refractivity contribution is -0.124. The molecule has 2 rings (SSSR count). The van der Waals surface area contributed by atoms with E-state index in [1.54, 1.807) is 4.90 Å². The van der Waals surface area contributed by atoms with Crippen molar-refractivity contribution in [2.24, 2.45) is 5.92 Å². The van der Waals surface area contributed by atoms with Gasteiger partial charge in [-0.25, -0.2) is 0 Å². The molecule has 1 atom stereocenters. The maximum absolute atomic E-state index is 12.4. The second-order valence-corrected chi connectivity index (χ2v) is 5.76. The van der Waals surface area contributed by atoms with Crippen molar-refractivity contribution < 1.29 is 9.59 Å². The minimum Gasteiger partial charge on any atom is -0.337 e. The van der Waals surface area contributed by atoms with Gasteiger partial charge >= 0.3 is 0 Å². The van der Waals surface area contributed by atoms with E-state index in [9.17, 15) is 9.59 Å². The van der Waals surface area contributed by atoms with Crippen LogP contribution < -0.4 is 0 Å². The largest absolute Gasteiger partial charge is 0.337 e. The maximum atomic E-state index is 12.4. The van der Waals surface area contributed by atoms with E-state index >= 15 is 0 Å². The highest BCUT2D eigenvalue weighted by atomic mass is 32.1. The first-order chi connectivity index (χ1) is 8.50. The van der Waals surface area contributed by atoms with Crippen LogP contribution in [0.2, 0.25) is 0 Å². The Bertz CT molecular complexity index is 470. The number of aromatic nitrogens is 2. The van der Waals surface area contributed by atoms with Crippen molar-refractivity contribution in [3.8, 4) is 0 Å². The summed E-state index contributed by atoms with van der Waals surface area (Å²) in [5.74, 6) is 0.330. The number of amides is 1. The van der Waals surface area contributed by atoms with Crippen LogP contribution in [-0.2, 0) is 4.79 Å². The van der Waals surface area contributed by atoms with E-state index in [0.29, 0.717) is 24.4 Å². The third-order valence-electron chi connectivity index (χ3n) is 3.21. The summed E-state index contributed by atoms with van der Waals surface area (Å²) in [5, 5.41) is 4.02. The van der Waals surface area contributed by atoms with Crippen LogP contribution in [0.1, 0.15) is 48.5 Å². The van der Waals surface area contributed by atoms with E-state index in [2.05, 4.69) is 9.59 Å². The first-order valence-electron chi connectivity index (χ1n) is 6.15. The second kappa shape index (κ2) is 5.14. The summed E-state index contributed by atoms with van der Waals surface area (Å²) in [7, 11) is 0. The molecule has 1 unspecified atom stereocenters. The fraction of sp³-hybridized carbons (Fsp3) is 0.667. The minimum atomic E-state index is -0.0638. The van der Waals surface area contributed by atoms with E-state index in [1.807, 2.05) is 20.8 Å². The van der Waals surface area contributed by atoms with Crippen molar-refractivity contribution >= 4 is 23.2 Å². The summed E-state index contributed by atoms with van der Waals surface area (Å²) in [6, 6.07) is 0. The van der Waals surface area contributed by atoms with Gasteiger partial charge in [0.15, 0.2) is 0 Å². The smallest absolute Gasteiger partial charge is 0.267 e. The fourth-order valence-corrected chi connectivity index (χ4v) is 2.85. The molecular weight excluding hydrogens is 250 g/mol. The Kier molecular flexibility index (Phi) is 3.75. The number of carbonyl (C=O) groups excluding carboxylic acids is 2. The molecule has 1 fully saturated rings. The zero-order valence-electron chi connectivity index (χ0n) is 10.8. The number of piperidine rings is 1. The lowest BCUT2D eigenvalue weighted by Crippen LogP contribution is -2.43. The van der Waals surface area contributed by atoms with Crippen molar-refractivity contribution in [2.75, 3.05) is 13.1 Å². The number of likely N-dealkylation sites (tertiary alicyclic amines) is 1. The fourth-order valence-electron chi connectivity index (χ4n) is 2.07. The van der Waals surface area contributed by atoms with Crippen LogP contribution in [0, 0.1) is 5.92 Å². The van der Waals surface area contributed by atoms with Crippen LogP contribution in [0.4, 0.5) is 0 Å². The van der Waals surface area contributed by atoms with E-state index < -0.39 is 0 Å². The molecule has 6 heteroatoms. The van der Waals surface area contributed by atoms with Crippen LogP contribution in [-0.4, -0.2) is 39.3 Å². The Labute approximate surface area is 110 Å². The standard InChI is InChI=1S/C12H17N3O2S/c1-7(2)10-11(18-14-13-10)12(17)15-5-4-9(16)8(3)6-15/h7-8H,4-6H2,1-3H3. The van der Waals surface area contributed by atoms with Crippen molar-refractivity contribution in [2.45, 2.75) is 33.1 Å². The summed E-state index contributed by atoms with van der Waals surface area (Å²) >= 11 is 1.14. The second-order valence-electron chi connectivity index (χ2n) is 5.01. The summed E-state index contributed by atoms with van der Waals surface area (Å²) in [6.45, 7) is 6.88. The molecule has 0 N–H and O–H groups in total. The Morgan fingerprint density at radius 3 is 2.83 bits per heavy atom. The molecule has 1 aliphatic rings. The molecule has 5 nitrogen and oxygen atoms in total. The van der Waals surface area contributed by atoms with Gasteiger partial charge in [0.2, 0.25) is 0 Å². The number of nitrogens with zero attached hydrogens (tertiary/aromatic N) is 3. The van der Waals surface area contributed by atoms with Gasteiger partial charge in [-0.05, 0) is 17.5 Å². The Hall–Kier alpha value is -1.30. The zero-order valence-corrected chi connectivity index (χ0v) is 11.7. The SMILES string of the molecule is CC1CN(C(=O)c2snnc2C(C)C)CCC1=O. The molecule has 0 aliphatic carbocycles. The normalized spacial score (nSPS) is 20.6. The third-order valence-corrected chi connectivity index (χ3v) is 3.94. The first kappa shape index (κ1) is 13.1. The van der Waals surface area contributed by atoms with Crippen LogP contribution in [0.25, 0.3) is 0 Å². The average molecular weight is 267 g/mol. The van der Waals surface area contributed by atoms with Crippen LogP contribution in [0.3, 0.4) is 0 Å². The summed E-state index contributed by atoms with van der Waals surface area (Å²) in [6.07, 6.45) is 0.455. The molecule has 0 aromatic carbocycles. The minimum absolute atomic E-state index is 0.0342. The highest BCUT2D eigenvalue weighted by molar-refractivity contribution is 7.08. The number of ketones is 1. The van der Waals surface area contributed by atoms with E-state index in [-0.39, 0.29) is 23.5 Å². The summed E-state index contributed by atoms with van der Waals surface area (Å²) in [4.78, 5) is 26.2. The van der Waals surface area contributed by atoms with Crippen molar-refractivity contribution in [1.29, 1.82) is 0 Å². The van der Waals surface area contributed by atoms with E-state index in [4.69, 9.17) is 0 Å². The monoisotopic (exact) mass is 267 g/mol. The van der Waals surface area contributed by atoms with Gasteiger partial charge in [0.25, 0.3) is 5.91 Å². The first-order valence-corrected chi connectivity index (χ1v) is 6.92. The van der Waals surface area contributed by atoms with Gasteiger partial charge in [-0.2, -0.15) is 0 Å². The van der Waals surface area contributed by atoms with Gasteiger partial charge in [-0.3, -0.25) is 9.59 Å². The lowest BCUT2D eigenvalue weighted by Gasteiger charge is -2.29. The Balaban J connectivity index is 2.16. The number of rotatable bonds is 2. The molecule has 0 bridgehead atoms. The topological polar surface area (TPSA) is 63.2 Å². The maximum Gasteiger partial charge on any atom is 0.267 e. The molecule has 0 radical (unpaired) electrons. The molecule has 0 spiro atoms. The van der Waals surface area contributed by atoms with Crippen molar-refractivity contribution in [1.82, 2.24) is 14.5 Å². The Morgan fingerprint density at radius 1 is 1.50 bits per heavy atom. The van der Waals surface area contributed by atoms with Crippen molar-refractivity contribution in [3.05, 3.63) is 10.6 Å². The molecule has 98 valence electrons. The lowest BCUT2D eigenvalue weighted by atomic mass is 9.98. The van der Waals surface area contributed by atoms with Gasteiger partial charge < -0.3 is 4.90 Å². The van der Waals surface area contributed by atoms with Gasteiger partial charge in [0, 0.05) is 25.4 Å². The number of hydrogen-bond donors (Lipinski definition) is 0.